The molecule has 15 heavy (non-hydrogen) atoms. The van der Waals surface area contributed by atoms with E-state index in [0.29, 0.717) is 6.42 Å². The average molecular weight is 230 g/mol. The van der Waals surface area contributed by atoms with Crippen LogP contribution in [0.4, 0.5) is 0 Å². The molecule has 88 valence electrons. The fourth-order valence-electron chi connectivity index (χ4n) is 0.670. The normalized spacial score (nSPS) is 13.1. The molecule has 0 aliphatic carbocycles. The molecule has 0 rings (SSSR count). The Morgan fingerprint density at radius 1 is 1.40 bits per heavy atom. The van der Waals surface area contributed by atoms with Crippen molar-refractivity contribution in [2.45, 2.75) is 51.7 Å². The number of hydrogen-bond acceptors (Lipinski definition) is 2. The first-order valence-electron chi connectivity index (χ1n) is 5.21. The van der Waals surface area contributed by atoms with Crippen molar-refractivity contribution >= 4 is 14.3 Å². The lowest BCUT2D eigenvalue weighted by atomic mass is 10.2. The molecule has 0 aromatic carbocycles. The minimum absolute atomic E-state index is 0.164. The van der Waals surface area contributed by atoms with Gasteiger partial charge in [0.1, 0.15) is 0 Å². The van der Waals surface area contributed by atoms with Gasteiger partial charge >= 0.3 is 5.97 Å². The summed E-state index contributed by atoms with van der Waals surface area (Å²) >= 11 is 0. The van der Waals surface area contributed by atoms with Gasteiger partial charge in [-0.1, -0.05) is 26.8 Å². The number of carboxylic acids is 1. The van der Waals surface area contributed by atoms with Crippen LogP contribution in [-0.4, -0.2) is 19.4 Å². The van der Waals surface area contributed by atoms with E-state index in [1.54, 1.807) is 12.3 Å². The van der Waals surface area contributed by atoms with Gasteiger partial charge in [0, 0.05) is 6.42 Å². The van der Waals surface area contributed by atoms with E-state index in [1.165, 1.54) is 0 Å². The number of hydrogen-bond donors (Lipinski definition) is 1. The highest BCUT2D eigenvalue weighted by atomic mass is 28.4. The number of allylic oxidation sites excluding steroid dienone is 1. The standard InChI is InChI=1S/C11H22O3Si/c1-11(2,3)15(4,5)14-9-7-6-8-10(12)13/h7,9H,6,8H2,1-5H3,(H,12,13). The van der Waals surface area contributed by atoms with Gasteiger partial charge in [0.2, 0.25) is 8.32 Å². The zero-order chi connectivity index (χ0) is 12.1. The maximum atomic E-state index is 10.3. The Balaban J connectivity index is 3.99. The summed E-state index contributed by atoms with van der Waals surface area (Å²) in [6.45, 7) is 10.8. The smallest absolute Gasteiger partial charge is 0.303 e. The van der Waals surface area contributed by atoms with E-state index in [9.17, 15) is 4.79 Å². The summed E-state index contributed by atoms with van der Waals surface area (Å²) in [6.07, 6.45) is 4.15. The summed E-state index contributed by atoms with van der Waals surface area (Å²) in [6, 6.07) is 0. The first-order valence-corrected chi connectivity index (χ1v) is 8.12. The molecule has 0 aromatic rings. The summed E-state index contributed by atoms with van der Waals surface area (Å²) in [5.41, 5.74) is 0. The van der Waals surface area contributed by atoms with Gasteiger partial charge in [-0.2, -0.15) is 0 Å². The number of carbonyl (C=O) groups is 1. The highest BCUT2D eigenvalue weighted by Gasteiger charge is 2.37. The van der Waals surface area contributed by atoms with Crippen molar-refractivity contribution in [2.75, 3.05) is 0 Å². The third-order valence-corrected chi connectivity index (χ3v) is 7.13. The van der Waals surface area contributed by atoms with Crippen LogP contribution in [0.1, 0.15) is 33.6 Å². The van der Waals surface area contributed by atoms with Gasteiger partial charge in [0.15, 0.2) is 0 Å². The minimum Gasteiger partial charge on any atom is -0.549 e. The second kappa shape index (κ2) is 5.35. The Labute approximate surface area is 93.3 Å². The van der Waals surface area contributed by atoms with Crippen molar-refractivity contribution in [3.8, 4) is 0 Å². The molecular formula is C11H22O3Si. The van der Waals surface area contributed by atoms with Crippen molar-refractivity contribution < 1.29 is 14.3 Å². The molecule has 0 amide bonds. The summed E-state index contributed by atoms with van der Waals surface area (Å²) in [4.78, 5) is 10.3. The largest absolute Gasteiger partial charge is 0.549 e. The van der Waals surface area contributed by atoms with Gasteiger partial charge in [0.05, 0.1) is 6.26 Å². The second-order valence-corrected chi connectivity index (χ2v) is 9.94. The van der Waals surface area contributed by atoms with Gasteiger partial charge in [-0.05, 0) is 24.6 Å². The number of rotatable bonds is 5. The molecule has 0 aliphatic heterocycles. The first kappa shape index (κ1) is 14.2. The molecule has 0 aromatic heterocycles. The van der Waals surface area contributed by atoms with E-state index in [0.717, 1.165) is 0 Å². The van der Waals surface area contributed by atoms with Crippen LogP contribution < -0.4 is 0 Å². The molecule has 0 saturated carbocycles. The summed E-state index contributed by atoms with van der Waals surface area (Å²) < 4.78 is 5.74. The molecule has 0 aliphatic rings. The van der Waals surface area contributed by atoms with Gasteiger partial charge in [0.25, 0.3) is 0 Å². The summed E-state index contributed by atoms with van der Waals surface area (Å²) in [7, 11) is -1.72. The Hall–Kier alpha value is -0.773. The maximum absolute atomic E-state index is 10.3. The minimum atomic E-state index is -1.72. The maximum Gasteiger partial charge on any atom is 0.303 e. The van der Waals surface area contributed by atoms with E-state index >= 15 is 0 Å². The van der Waals surface area contributed by atoms with Crippen molar-refractivity contribution in [1.82, 2.24) is 0 Å². The molecule has 1 N–H and O–H groups in total. The van der Waals surface area contributed by atoms with Crippen LogP contribution >= 0.6 is 0 Å². The fraction of sp³-hybridized carbons (Fsp3) is 0.727. The molecule has 0 saturated heterocycles. The van der Waals surface area contributed by atoms with Gasteiger partial charge in [-0.25, -0.2) is 0 Å². The molecular weight excluding hydrogens is 208 g/mol. The van der Waals surface area contributed by atoms with Crippen LogP contribution in [0.3, 0.4) is 0 Å². The van der Waals surface area contributed by atoms with Crippen LogP contribution in [0, 0.1) is 0 Å². The number of carboxylic acid groups (broad SMARTS) is 1. The molecule has 0 heterocycles. The van der Waals surface area contributed by atoms with E-state index in [1.807, 2.05) is 0 Å². The van der Waals surface area contributed by atoms with Crippen LogP contribution in [0.25, 0.3) is 0 Å². The second-order valence-electron chi connectivity index (χ2n) is 5.18. The van der Waals surface area contributed by atoms with Crippen LogP contribution in [0.15, 0.2) is 12.3 Å². The van der Waals surface area contributed by atoms with Crippen molar-refractivity contribution in [3.63, 3.8) is 0 Å². The lowest BCUT2D eigenvalue weighted by Gasteiger charge is -2.34. The Kier molecular flexibility index (Phi) is 5.07. The van der Waals surface area contributed by atoms with E-state index in [2.05, 4.69) is 33.9 Å². The molecule has 0 fully saturated rings. The molecule has 0 unspecified atom stereocenters. The van der Waals surface area contributed by atoms with Crippen LogP contribution in [-0.2, 0) is 9.22 Å². The average Bonchev–Trinajstić information content (AvgIpc) is 2.00. The Bertz CT molecular complexity index is 239. The third kappa shape index (κ3) is 5.62. The summed E-state index contributed by atoms with van der Waals surface area (Å²) in [5, 5.41) is 8.62. The highest BCUT2D eigenvalue weighted by Crippen LogP contribution is 2.36. The lowest BCUT2D eigenvalue weighted by molar-refractivity contribution is -0.136. The molecule has 4 heteroatoms. The fourth-order valence-corrected chi connectivity index (χ4v) is 1.46. The predicted octanol–water partition coefficient (Wildman–Crippen LogP) is 3.39. The Morgan fingerprint density at radius 2 is 1.93 bits per heavy atom. The SMILES string of the molecule is CC(C)(C)[Si](C)(C)OC=CCCC(=O)O. The van der Waals surface area contributed by atoms with E-state index < -0.39 is 14.3 Å². The highest BCUT2D eigenvalue weighted by molar-refractivity contribution is 6.74. The predicted molar refractivity (Wildman–Crippen MR) is 64.3 cm³/mol. The van der Waals surface area contributed by atoms with E-state index in [4.69, 9.17) is 9.53 Å². The quantitative estimate of drug-likeness (QED) is 0.581. The monoisotopic (exact) mass is 230 g/mol. The molecule has 0 radical (unpaired) electrons. The first-order chi connectivity index (χ1) is 6.67. The molecule has 3 nitrogen and oxygen atoms in total. The van der Waals surface area contributed by atoms with Gasteiger partial charge in [-0.15, -0.1) is 0 Å². The van der Waals surface area contributed by atoms with Crippen molar-refractivity contribution in [1.29, 1.82) is 0 Å². The van der Waals surface area contributed by atoms with Crippen molar-refractivity contribution in [3.05, 3.63) is 12.3 Å². The molecule has 0 atom stereocenters. The summed E-state index contributed by atoms with van der Waals surface area (Å²) in [5.74, 6) is -0.771. The van der Waals surface area contributed by atoms with Crippen molar-refractivity contribution in [2.24, 2.45) is 0 Å². The van der Waals surface area contributed by atoms with E-state index in [-0.39, 0.29) is 11.5 Å². The molecule has 0 bridgehead atoms. The van der Waals surface area contributed by atoms with Gasteiger partial charge < -0.3 is 9.53 Å². The zero-order valence-electron chi connectivity index (χ0n) is 10.3. The third-order valence-electron chi connectivity index (χ3n) is 2.79. The van der Waals surface area contributed by atoms with Crippen LogP contribution in [0.2, 0.25) is 18.1 Å². The lowest BCUT2D eigenvalue weighted by Crippen LogP contribution is -2.39. The molecule has 0 spiro atoms. The Morgan fingerprint density at radius 3 is 2.33 bits per heavy atom. The zero-order valence-corrected chi connectivity index (χ0v) is 11.3. The number of aliphatic carboxylic acids is 1. The van der Waals surface area contributed by atoms with Gasteiger partial charge in [-0.3, -0.25) is 4.79 Å². The topological polar surface area (TPSA) is 46.5 Å². The van der Waals surface area contributed by atoms with Crippen LogP contribution in [0.5, 0.6) is 0 Å².